The van der Waals surface area contributed by atoms with E-state index in [2.05, 4.69) is 5.32 Å². The molecule has 0 unspecified atom stereocenters. The summed E-state index contributed by atoms with van der Waals surface area (Å²) < 4.78 is 9.93. The largest absolute Gasteiger partial charge is 0.496 e. The Morgan fingerprint density at radius 3 is 2.50 bits per heavy atom. The number of esters is 1. The van der Waals surface area contributed by atoms with Gasteiger partial charge in [0.1, 0.15) is 11.3 Å². The first-order valence-electron chi connectivity index (χ1n) is 6.28. The van der Waals surface area contributed by atoms with Crippen LogP contribution in [0, 0.1) is 0 Å². The summed E-state index contributed by atoms with van der Waals surface area (Å²) in [5.41, 5.74) is 2.49. The third-order valence-electron chi connectivity index (χ3n) is 2.95. The van der Waals surface area contributed by atoms with Gasteiger partial charge in [-0.1, -0.05) is 30.3 Å². The second kappa shape index (κ2) is 6.61. The van der Waals surface area contributed by atoms with Crippen molar-refractivity contribution in [2.45, 2.75) is 6.54 Å². The zero-order valence-electron chi connectivity index (χ0n) is 11.6. The van der Waals surface area contributed by atoms with Crippen molar-refractivity contribution in [3.8, 4) is 5.75 Å². The molecular weight excluding hydrogens is 254 g/mol. The van der Waals surface area contributed by atoms with E-state index >= 15 is 0 Å². The summed E-state index contributed by atoms with van der Waals surface area (Å²) in [4.78, 5) is 11.6. The maximum Gasteiger partial charge on any atom is 0.341 e. The van der Waals surface area contributed by atoms with Gasteiger partial charge in [0.2, 0.25) is 0 Å². The van der Waals surface area contributed by atoms with Crippen LogP contribution in [0.15, 0.2) is 48.5 Å². The Labute approximate surface area is 118 Å². The van der Waals surface area contributed by atoms with Crippen molar-refractivity contribution in [2.75, 3.05) is 19.5 Å². The van der Waals surface area contributed by atoms with Crippen LogP contribution in [0.4, 0.5) is 5.69 Å². The molecule has 0 amide bonds. The molecule has 0 fully saturated rings. The third-order valence-corrected chi connectivity index (χ3v) is 2.95. The average Bonchev–Trinajstić information content (AvgIpc) is 2.52. The number of carbonyl (C=O) groups excluding carboxylic acids is 1. The summed E-state index contributed by atoms with van der Waals surface area (Å²) in [5, 5.41) is 3.29. The average molecular weight is 271 g/mol. The zero-order valence-corrected chi connectivity index (χ0v) is 11.6. The first kappa shape index (κ1) is 13.9. The molecule has 0 aromatic heterocycles. The number of anilines is 1. The van der Waals surface area contributed by atoms with Crippen LogP contribution in [-0.4, -0.2) is 20.2 Å². The minimum absolute atomic E-state index is 0.406. The molecule has 2 aromatic rings. The van der Waals surface area contributed by atoms with Gasteiger partial charge < -0.3 is 14.8 Å². The predicted molar refractivity (Wildman–Crippen MR) is 78.1 cm³/mol. The lowest BCUT2D eigenvalue weighted by molar-refractivity contribution is 0.0597. The number of rotatable bonds is 5. The van der Waals surface area contributed by atoms with Gasteiger partial charge in [-0.3, -0.25) is 0 Å². The lowest BCUT2D eigenvalue weighted by atomic mass is 10.1. The van der Waals surface area contributed by atoms with Crippen molar-refractivity contribution in [1.29, 1.82) is 0 Å². The van der Waals surface area contributed by atoms with Gasteiger partial charge in [0, 0.05) is 18.3 Å². The highest BCUT2D eigenvalue weighted by Gasteiger charge is 2.12. The number of benzene rings is 2. The van der Waals surface area contributed by atoms with Crippen LogP contribution < -0.4 is 10.1 Å². The Morgan fingerprint density at radius 2 is 1.85 bits per heavy atom. The van der Waals surface area contributed by atoms with E-state index in [1.54, 1.807) is 12.1 Å². The number of nitrogens with one attached hydrogen (secondary N) is 1. The van der Waals surface area contributed by atoms with E-state index in [1.807, 2.05) is 36.4 Å². The van der Waals surface area contributed by atoms with Gasteiger partial charge in [-0.2, -0.15) is 0 Å². The van der Waals surface area contributed by atoms with Gasteiger partial charge in [-0.25, -0.2) is 4.79 Å². The van der Waals surface area contributed by atoms with Crippen molar-refractivity contribution in [2.24, 2.45) is 0 Å². The summed E-state index contributed by atoms with van der Waals surface area (Å²) in [6.07, 6.45) is 0. The molecule has 4 heteroatoms. The molecule has 2 rings (SSSR count). The minimum Gasteiger partial charge on any atom is -0.496 e. The van der Waals surface area contributed by atoms with E-state index in [1.165, 1.54) is 19.8 Å². The van der Waals surface area contributed by atoms with Gasteiger partial charge in [-0.05, 0) is 17.7 Å². The minimum atomic E-state index is -0.406. The molecule has 2 aromatic carbocycles. The van der Waals surface area contributed by atoms with E-state index in [-0.39, 0.29) is 0 Å². The van der Waals surface area contributed by atoms with Crippen LogP contribution in [0.3, 0.4) is 0 Å². The molecule has 1 N–H and O–H groups in total. The monoisotopic (exact) mass is 271 g/mol. The van der Waals surface area contributed by atoms with Crippen LogP contribution in [0.5, 0.6) is 5.75 Å². The van der Waals surface area contributed by atoms with E-state index in [4.69, 9.17) is 9.47 Å². The van der Waals surface area contributed by atoms with Crippen LogP contribution in [0.25, 0.3) is 0 Å². The molecule has 20 heavy (non-hydrogen) atoms. The van der Waals surface area contributed by atoms with Crippen molar-refractivity contribution in [3.63, 3.8) is 0 Å². The number of hydrogen-bond acceptors (Lipinski definition) is 4. The highest BCUT2D eigenvalue weighted by Crippen LogP contribution is 2.24. The smallest absolute Gasteiger partial charge is 0.341 e. The van der Waals surface area contributed by atoms with Crippen LogP contribution in [0.2, 0.25) is 0 Å². The highest BCUT2D eigenvalue weighted by molar-refractivity contribution is 5.93. The second-order valence-electron chi connectivity index (χ2n) is 4.25. The van der Waals surface area contributed by atoms with Crippen LogP contribution in [-0.2, 0) is 11.3 Å². The van der Waals surface area contributed by atoms with Gasteiger partial charge >= 0.3 is 5.97 Å². The molecule has 0 bridgehead atoms. The summed E-state index contributed by atoms with van der Waals surface area (Å²) >= 11 is 0. The Hall–Kier alpha value is -2.49. The van der Waals surface area contributed by atoms with Crippen LogP contribution in [0.1, 0.15) is 15.9 Å². The zero-order chi connectivity index (χ0) is 14.4. The molecule has 0 saturated carbocycles. The van der Waals surface area contributed by atoms with Gasteiger partial charge in [0.25, 0.3) is 0 Å². The normalized spacial score (nSPS) is 9.90. The molecule has 4 nitrogen and oxygen atoms in total. The Morgan fingerprint density at radius 1 is 1.10 bits per heavy atom. The molecule has 0 atom stereocenters. The summed E-state index contributed by atoms with van der Waals surface area (Å²) in [6.45, 7) is 0.710. The standard InChI is InChI=1S/C16H17NO3/c1-19-15-10-13(8-9-14(15)16(18)20-2)17-11-12-6-4-3-5-7-12/h3-10,17H,11H2,1-2H3. The molecule has 0 saturated heterocycles. The van der Waals surface area contributed by atoms with E-state index < -0.39 is 5.97 Å². The first-order chi connectivity index (χ1) is 9.74. The fourth-order valence-electron chi connectivity index (χ4n) is 1.88. The van der Waals surface area contributed by atoms with E-state index in [9.17, 15) is 4.79 Å². The maximum atomic E-state index is 11.6. The summed E-state index contributed by atoms with van der Waals surface area (Å²) in [5.74, 6) is 0.0892. The van der Waals surface area contributed by atoms with E-state index in [0.29, 0.717) is 17.9 Å². The molecule has 0 aliphatic carbocycles. The Kier molecular flexibility index (Phi) is 4.60. The maximum absolute atomic E-state index is 11.6. The molecule has 0 aliphatic rings. The lowest BCUT2D eigenvalue weighted by Gasteiger charge is -2.11. The molecule has 0 radical (unpaired) electrons. The Bertz CT molecular complexity index is 582. The fraction of sp³-hybridized carbons (Fsp3) is 0.188. The predicted octanol–water partition coefficient (Wildman–Crippen LogP) is 3.09. The molecule has 0 aliphatic heterocycles. The fourth-order valence-corrected chi connectivity index (χ4v) is 1.88. The summed E-state index contributed by atoms with van der Waals surface area (Å²) in [7, 11) is 2.88. The van der Waals surface area contributed by atoms with Gasteiger partial charge in [0.05, 0.1) is 14.2 Å². The quantitative estimate of drug-likeness (QED) is 0.849. The van der Waals surface area contributed by atoms with Crippen molar-refractivity contribution in [3.05, 3.63) is 59.7 Å². The number of carbonyl (C=O) groups is 1. The third kappa shape index (κ3) is 3.29. The van der Waals surface area contributed by atoms with Crippen LogP contribution >= 0.6 is 0 Å². The number of ether oxygens (including phenoxy) is 2. The molecule has 104 valence electrons. The highest BCUT2D eigenvalue weighted by atomic mass is 16.5. The topological polar surface area (TPSA) is 47.6 Å². The van der Waals surface area contributed by atoms with Crippen molar-refractivity contribution >= 4 is 11.7 Å². The van der Waals surface area contributed by atoms with Gasteiger partial charge in [0.15, 0.2) is 0 Å². The number of hydrogen-bond donors (Lipinski definition) is 1. The van der Waals surface area contributed by atoms with Gasteiger partial charge in [-0.15, -0.1) is 0 Å². The second-order valence-corrected chi connectivity index (χ2v) is 4.25. The number of methoxy groups -OCH3 is 2. The molecule has 0 spiro atoms. The molecular formula is C16H17NO3. The Balaban J connectivity index is 2.12. The SMILES string of the molecule is COC(=O)c1ccc(NCc2ccccc2)cc1OC. The van der Waals surface area contributed by atoms with Crippen molar-refractivity contribution in [1.82, 2.24) is 0 Å². The van der Waals surface area contributed by atoms with Crippen molar-refractivity contribution < 1.29 is 14.3 Å². The van der Waals surface area contributed by atoms with E-state index in [0.717, 1.165) is 5.69 Å². The molecule has 0 heterocycles. The first-order valence-corrected chi connectivity index (χ1v) is 6.28. The summed E-state index contributed by atoms with van der Waals surface area (Å²) in [6, 6.07) is 15.4. The lowest BCUT2D eigenvalue weighted by Crippen LogP contribution is -2.05.